The van der Waals surface area contributed by atoms with Crippen molar-refractivity contribution < 1.29 is 45.0 Å². The zero-order valence-electron chi connectivity index (χ0n) is 21.2. The molecular weight excluding hydrogens is 570 g/mol. The molecule has 3 N–H and O–H groups in total. The van der Waals surface area contributed by atoms with E-state index in [1.165, 1.54) is 30.5 Å². The number of carbonyl (C=O) groups excluding carboxylic acids is 1. The minimum Gasteiger partial charge on any atom is -0.489 e. The number of aromatic amines is 1. The Labute approximate surface area is 231 Å². The molecule has 216 valence electrons. The number of nitrogens with one attached hydrogen (secondary N) is 1. The summed E-state index contributed by atoms with van der Waals surface area (Å²) >= 11 is 0. The van der Waals surface area contributed by atoms with Crippen LogP contribution in [0, 0.1) is 0 Å². The first kappa shape index (κ1) is 28.4. The molecule has 4 aromatic rings. The van der Waals surface area contributed by atoms with Crippen molar-refractivity contribution in [2.45, 2.75) is 28.9 Å². The minimum absolute atomic E-state index is 0.0591. The van der Waals surface area contributed by atoms with Gasteiger partial charge in [-0.05, 0) is 35.9 Å². The van der Waals surface area contributed by atoms with E-state index in [1.807, 2.05) is 0 Å². The van der Waals surface area contributed by atoms with E-state index in [4.69, 9.17) is 19.9 Å². The number of hydrogen-bond donors (Lipinski definition) is 2. The highest BCUT2D eigenvalue weighted by Crippen LogP contribution is 2.42. The summed E-state index contributed by atoms with van der Waals surface area (Å²) in [6, 6.07) is 10.5. The molecule has 1 amide bonds. The number of pyridine rings is 1. The van der Waals surface area contributed by atoms with E-state index in [0.29, 0.717) is 11.0 Å². The lowest BCUT2D eigenvalue weighted by atomic mass is 9.98. The van der Waals surface area contributed by atoms with Gasteiger partial charge < -0.3 is 24.9 Å². The average Bonchev–Trinajstić information content (AvgIpc) is 3.40. The van der Waals surface area contributed by atoms with Crippen LogP contribution in [0.4, 0.5) is 17.6 Å². The summed E-state index contributed by atoms with van der Waals surface area (Å²) in [5, 5.41) is 0.677. The summed E-state index contributed by atoms with van der Waals surface area (Å²) in [7, 11) is -5.94. The SMILES string of the molecule is NC(=O)c1cccc(-c2ccc(OCC3(F)CCOCC3)c(S(=O)(=O)C(F)(F)F)c2)c1Oc1cnc2[nH]ccc2c1. The first-order valence-corrected chi connectivity index (χ1v) is 13.8. The van der Waals surface area contributed by atoms with Crippen LogP contribution in [0.3, 0.4) is 0 Å². The number of benzene rings is 2. The van der Waals surface area contributed by atoms with Crippen molar-refractivity contribution in [1.82, 2.24) is 9.97 Å². The second-order valence-corrected chi connectivity index (χ2v) is 11.3. The van der Waals surface area contributed by atoms with Crippen LogP contribution in [0.1, 0.15) is 23.2 Å². The Kier molecular flexibility index (Phi) is 7.38. The molecule has 1 aliphatic heterocycles. The molecule has 2 aromatic heterocycles. The first-order chi connectivity index (χ1) is 19.4. The number of rotatable bonds is 8. The molecule has 5 rings (SSSR count). The Bertz CT molecular complexity index is 1720. The van der Waals surface area contributed by atoms with Crippen LogP contribution >= 0.6 is 0 Å². The lowest BCUT2D eigenvalue weighted by Crippen LogP contribution is -2.37. The minimum atomic E-state index is -5.94. The van der Waals surface area contributed by atoms with Crippen molar-refractivity contribution >= 4 is 26.8 Å². The number of para-hydroxylation sites is 1. The summed E-state index contributed by atoms with van der Waals surface area (Å²) in [5.41, 5.74) is -1.58. The van der Waals surface area contributed by atoms with E-state index >= 15 is 4.39 Å². The number of ether oxygens (including phenoxy) is 3. The number of nitrogens with two attached hydrogens (primary N) is 1. The van der Waals surface area contributed by atoms with E-state index in [0.717, 1.165) is 12.1 Å². The molecule has 9 nitrogen and oxygen atoms in total. The van der Waals surface area contributed by atoms with Gasteiger partial charge in [-0.25, -0.2) is 17.8 Å². The van der Waals surface area contributed by atoms with E-state index in [-0.39, 0.29) is 54.2 Å². The van der Waals surface area contributed by atoms with Gasteiger partial charge in [-0.1, -0.05) is 18.2 Å². The van der Waals surface area contributed by atoms with Crippen molar-refractivity contribution in [3.8, 4) is 28.4 Å². The highest BCUT2D eigenvalue weighted by atomic mass is 32.2. The molecule has 1 fully saturated rings. The highest BCUT2D eigenvalue weighted by molar-refractivity contribution is 7.92. The molecule has 0 spiro atoms. The van der Waals surface area contributed by atoms with Crippen molar-refractivity contribution in [3.63, 3.8) is 0 Å². The molecule has 0 aliphatic carbocycles. The predicted octanol–water partition coefficient (Wildman–Crippen LogP) is 5.31. The number of amides is 1. The summed E-state index contributed by atoms with van der Waals surface area (Å²) in [5.74, 6) is -1.53. The zero-order chi connectivity index (χ0) is 29.4. The number of aromatic nitrogens is 2. The van der Waals surface area contributed by atoms with Crippen molar-refractivity contribution in [2.75, 3.05) is 19.8 Å². The second kappa shape index (κ2) is 10.7. The smallest absolute Gasteiger partial charge is 0.489 e. The molecule has 2 aromatic carbocycles. The van der Waals surface area contributed by atoms with Gasteiger partial charge in [0, 0.05) is 43.2 Å². The van der Waals surface area contributed by atoms with Crippen LogP contribution in [-0.4, -0.2) is 55.3 Å². The molecule has 0 bridgehead atoms. The fraction of sp³-hybridized carbons (Fsp3) is 0.259. The Hall–Kier alpha value is -4.17. The maximum absolute atomic E-state index is 15.1. The number of sulfone groups is 1. The predicted molar refractivity (Wildman–Crippen MR) is 139 cm³/mol. The van der Waals surface area contributed by atoms with Gasteiger partial charge in [-0.2, -0.15) is 13.2 Å². The first-order valence-electron chi connectivity index (χ1n) is 12.3. The highest BCUT2D eigenvalue weighted by Gasteiger charge is 2.49. The Morgan fingerprint density at radius 2 is 1.88 bits per heavy atom. The monoisotopic (exact) mass is 593 g/mol. The Morgan fingerprint density at radius 3 is 2.59 bits per heavy atom. The maximum atomic E-state index is 15.1. The summed E-state index contributed by atoms with van der Waals surface area (Å²) in [4.78, 5) is 18.2. The Morgan fingerprint density at radius 1 is 1.12 bits per heavy atom. The molecule has 14 heteroatoms. The van der Waals surface area contributed by atoms with Gasteiger partial charge in [-0.3, -0.25) is 4.79 Å². The van der Waals surface area contributed by atoms with Crippen LogP contribution in [-0.2, 0) is 14.6 Å². The number of halogens is 4. The number of fused-ring (bicyclic) bond motifs is 1. The molecular formula is C27H23F4N3O6S. The van der Waals surface area contributed by atoms with Crippen molar-refractivity contribution in [3.05, 3.63) is 66.5 Å². The number of H-pyrrole nitrogens is 1. The second-order valence-electron chi connectivity index (χ2n) is 9.40. The normalized spacial score (nSPS) is 15.5. The van der Waals surface area contributed by atoms with Crippen LogP contribution in [0.25, 0.3) is 22.2 Å². The largest absolute Gasteiger partial charge is 0.502 e. The molecule has 41 heavy (non-hydrogen) atoms. The van der Waals surface area contributed by atoms with E-state index in [1.54, 1.807) is 18.3 Å². The van der Waals surface area contributed by atoms with Gasteiger partial charge in [0.05, 0.1) is 11.8 Å². The maximum Gasteiger partial charge on any atom is 0.502 e. The molecule has 0 atom stereocenters. The van der Waals surface area contributed by atoms with Crippen LogP contribution in [0.5, 0.6) is 17.2 Å². The fourth-order valence-electron chi connectivity index (χ4n) is 4.38. The zero-order valence-corrected chi connectivity index (χ0v) is 22.0. The molecule has 1 saturated heterocycles. The quantitative estimate of drug-likeness (QED) is 0.265. The number of alkyl halides is 4. The molecule has 3 heterocycles. The van der Waals surface area contributed by atoms with Crippen LogP contribution in [0.2, 0.25) is 0 Å². The Balaban J connectivity index is 1.60. The van der Waals surface area contributed by atoms with Crippen molar-refractivity contribution in [2.24, 2.45) is 5.73 Å². The molecule has 0 unspecified atom stereocenters. The lowest BCUT2D eigenvalue weighted by Gasteiger charge is -2.29. The van der Waals surface area contributed by atoms with Crippen molar-refractivity contribution in [1.29, 1.82) is 0 Å². The molecule has 0 saturated carbocycles. The van der Waals surface area contributed by atoms with Gasteiger partial charge in [0.2, 0.25) is 0 Å². The number of carbonyl (C=O) groups is 1. The van der Waals surface area contributed by atoms with E-state index in [9.17, 15) is 26.4 Å². The third kappa shape index (κ3) is 5.70. The standard InChI is InChI=1S/C27H23F4N3O6S/c28-26(7-10-38-11-8-26)15-39-21-5-4-16(13-22(21)41(36,37)27(29,30)31)19-2-1-3-20(24(32)35)23(19)40-18-12-17-6-9-33-25(17)34-14-18/h1-6,9,12-14H,7-8,10-11,15H2,(H2,32,35)(H,33,34). The van der Waals surface area contributed by atoms with Gasteiger partial charge >= 0.3 is 5.51 Å². The third-order valence-electron chi connectivity index (χ3n) is 6.60. The van der Waals surface area contributed by atoms with Gasteiger partial charge in [0.15, 0.2) is 0 Å². The number of primary amides is 1. The lowest BCUT2D eigenvalue weighted by molar-refractivity contribution is -0.0440. The van der Waals surface area contributed by atoms with E-state index in [2.05, 4.69) is 9.97 Å². The third-order valence-corrected chi connectivity index (χ3v) is 8.11. The number of hydrogen-bond acceptors (Lipinski definition) is 7. The fourth-order valence-corrected chi connectivity index (χ4v) is 5.30. The topological polar surface area (TPSA) is 134 Å². The van der Waals surface area contributed by atoms with E-state index < -0.39 is 44.2 Å². The summed E-state index contributed by atoms with van der Waals surface area (Å²) in [6.45, 7) is -0.480. The molecule has 1 aliphatic rings. The number of nitrogens with zero attached hydrogens (tertiary/aromatic N) is 1. The average molecular weight is 594 g/mol. The summed E-state index contributed by atoms with van der Waals surface area (Å²) in [6.07, 6.45) is 2.90. The van der Waals surface area contributed by atoms with Gasteiger partial charge in [-0.15, -0.1) is 0 Å². The molecule has 0 radical (unpaired) electrons. The van der Waals surface area contributed by atoms with Crippen LogP contribution < -0.4 is 15.2 Å². The van der Waals surface area contributed by atoms with Crippen LogP contribution in [0.15, 0.2) is 65.8 Å². The summed E-state index contributed by atoms with van der Waals surface area (Å²) < 4.78 is 97.8. The van der Waals surface area contributed by atoms with Gasteiger partial charge in [0.25, 0.3) is 15.7 Å². The van der Waals surface area contributed by atoms with Gasteiger partial charge in [0.1, 0.15) is 40.1 Å².